The van der Waals surface area contributed by atoms with Crippen LogP contribution in [0.1, 0.15) is 11.1 Å². The monoisotopic (exact) mass is 280 g/mol. The fourth-order valence-electron chi connectivity index (χ4n) is 1.85. The van der Waals surface area contributed by atoms with Gasteiger partial charge in [0.05, 0.1) is 11.6 Å². The maximum absolute atomic E-state index is 12.1. The van der Waals surface area contributed by atoms with E-state index in [4.69, 9.17) is 10.00 Å². The van der Waals surface area contributed by atoms with Crippen LogP contribution in [0.5, 0.6) is 5.75 Å². The zero-order valence-electron chi connectivity index (χ0n) is 12.0. The molecule has 2 aromatic rings. The Labute approximate surface area is 124 Å². The molecular weight excluding hydrogens is 264 g/mol. The van der Waals surface area contributed by atoms with Crippen molar-refractivity contribution in [1.82, 2.24) is 0 Å². The number of carbonyl (C=O) groups is 1. The summed E-state index contributed by atoms with van der Waals surface area (Å²) in [4.78, 5) is 13.7. The van der Waals surface area contributed by atoms with Crippen LogP contribution >= 0.6 is 0 Å². The second kappa shape index (κ2) is 6.58. The first-order valence-corrected chi connectivity index (χ1v) is 6.56. The number of nitriles is 1. The number of ether oxygens (including phenoxy) is 1. The summed E-state index contributed by atoms with van der Waals surface area (Å²) in [6.07, 6.45) is 0. The third-order valence-corrected chi connectivity index (χ3v) is 3.11. The van der Waals surface area contributed by atoms with E-state index in [1.54, 1.807) is 36.2 Å². The number of rotatable bonds is 4. The van der Waals surface area contributed by atoms with Gasteiger partial charge in [-0.3, -0.25) is 4.79 Å². The van der Waals surface area contributed by atoms with E-state index >= 15 is 0 Å². The van der Waals surface area contributed by atoms with Crippen LogP contribution in [0.3, 0.4) is 0 Å². The highest BCUT2D eigenvalue weighted by Gasteiger charge is 2.11. The number of benzene rings is 2. The molecule has 4 nitrogen and oxygen atoms in total. The van der Waals surface area contributed by atoms with Crippen molar-refractivity contribution in [3.63, 3.8) is 0 Å². The number of anilines is 1. The molecule has 0 aliphatic rings. The van der Waals surface area contributed by atoms with E-state index in [1.807, 2.05) is 37.3 Å². The van der Waals surface area contributed by atoms with Gasteiger partial charge in [-0.05, 0) is 48.9 Å². The van der Waals surface area contributed by atoms with Gasteiger partial charge in [-0.1, -0.05) is 12.1 Å². The normalized spacial score (nSPS) is 9.76. The fourth-order valence-corrected chi connectivity index (χ4v) is 1.85. The minimum Gasteiger partial charge on any atom is -0.484 e. The maximum atomic E-state index is 12.1. The van der Waals surface area contributed by atoms with Crippen molar-refractivity contribution in [2.75, 3.05) is 18.6 Å². The summed E-state index contributed by atoms with van der Waals surface area (Å²) in [6, 6.07) is 16.4. The zero-order valence-corrected chi connectivity index (χ0v) is 12.0. The molecule has 0 bridgehead atoms. The van der Waals surface area contributed by atoms with Crippen LogP contribution in [0.4, 0.5) is 5.69 Å². The van der Waals surface area contributed by atoms with Crippen LogP contribution in [0.25, 0.3) is 0 Å². The summed E-state index contributed by atoms with van der Waals surface area (Å²) in [5.74, 6) is 0.435. The van der Waals surface area contributed by atoms with Gasteiger partial charge in [0.25, 0.3) is 5.91 Å². The van der Waals surface area contributed by atoms with Gasteiger partial charge in [0.15, 0.2) is 6.61 Å². The molecule has 1 amide bonds. The van der Waals surface area contributed by atoms with Gasteiger partial charge in [-0.2, -0.15) is 5.26 Å². The summed E-state index contributed by atoms with van der Waals surface area (Å²) < 4.78 is 5.44. The molecule has 2 aromatic carbocycles. The average molecular weight is 280 g/mol. The highest BCUT2D eigenvalue weighted by atomic mass is 16.5. The van der Waals surface area contributed by atoms with Gasteiger partial charge < -0.3 is 9.64 Å². The van der Waals surface area contributed by atoms with Crippen LogP contribution in [-0.2, 0) is 4.79 Å². The molecule has 0 heterocycles. The second-order valence-electron chi connectivity index (χ2n) is 4.72. The lowest BCUT2D eigenvalue weighted by Gasteiger charge is -2.18. The highest BCUT2D eigenvalue weighted by Crippen LogP contribution is 2.15. The standard InChI is InChI=1S/C17H16N2O2/c1-13-4-3-5-15(10-13)19(2)17(20)12-21-16-8-6-14(11-18)7-9-16/h3-10H,12H2,1-2H3. The van der Waals surface area contributed by atoms with Gasteiger partial charge in [0.2, 0.25) is 0 Å². The van der Waals surface area contributed by atoms with Gasteiger partial charge >= 0.3 is 0 Å². The number of amides is 1. The van der Waals surface area contributed by atoms with Crippen molar-refractivity contribution in [2.24, 2.45) is 0 Å². The largest absolute Gasteiger partial charge is 0.484 e. The van der Waals surface area contributed by atoms with Crippen molar-refractivity contribution >= 4 is 11.6 Å². The first-order chi connectivity index (χ1) is 10.1. The fraction of sp³-hybridized carbons (Fsp3) is 0.176. The van der Waals surface area contributed by atoms with Gasteiger partial charge in [0.1, 0.15) is 5.75 Å². The topological polar surface area (TPSA) is 53.3 Å². The number of likely N-dealkylation sites (N-methyl/N-ethyl adjacent to an activating group) is 1. The number of aryl methyl sites for hydroxylation is 1. The van der Waals surface area contributed by atoms with Gasteiger partial charge in [0, 0.05) is 12.7 Å². The molecular formula is C17H16N2O2. The van der Waals surface area contributed by atoms with E-state index in [0.29, 0.717) is 11.3 Å². The molecule has 0 unspecified atom stereocenters. The molecule has 0 atom stereocenters. The Morgan fingerprint density at radius 3 is 2.57 bits per heavy atom. The van der Waals surface area contributed by atoms with Gasteiger partial charge in [-0.25, -0.2) is 0 Å². The summed E-state index contributed by atoms with van der Waals surface area (Å²) in [6.45, 7) is 1.94. The van der Waals surface area contributed by atoms with Crippen LogP contribution in [-0.4, -0.2) is 19.6 Å². The summed E-state index contributed by atoms with van der Waals surface area (Å²) in [5.41, 5.74) is 2.49. The summed E-state index contributed by atoms with van der Waals surface area (Å²) >= 11 is 0. The highest BCUT2D eigenvalue weighted by molar-refractivity contribution is 5.93. The molecule has 0 aromatic heterocycles. The lowest BCUT2D eigenvalue weighted by atomic mass is 10.2. The third kappa shape index (κ3) is 3.83. The molecule has 106 valence electrons. The van der Waals surface area contributed by atoms with Gasteiger partial charge in [-0.15, -0.1) is 0 Å². The predicted octanol–water partition coefficient (Wildman–Crippen LogP) is 2.91. The van der Waals surface area contributed by atoms with Crippen LogP contribution < -0.4 is 9.64 Å². The molecule has 0 saturated heterocycles. The lowest BCUT2D eigenvalue weighted by molar-refractivity contribution is -0.120. The average Bonchev–Trinajstić information content (AvgIpc) is 2.52. The molecule has 0 spiro atoms. The zero-order chi connectivity index (χ0) is 15.2. The Bertz CT molecular complexity index is 672. The van der Waals surface area contributed by atoms with Crippen molar-refractivity contribution in [3.8, 4) is 11.8 Å². The molecule has 0 fully saturated rings. The Hall–Kier alpha value is -2.80. The summed E-state index contributed by atoms with van der Waals surface area (Å²) in [5, 5.41) is 8.72. The van der Waals surface area contributed by atoms with E-state index in [9.17, 15) is 4.79 Å². The van der Waals surface area contributed by atoms with Crippen LogP contribution in [0, 0.1) is 18.3 Å². The third-order valence-electron chi connectivity index (χ3n) is 3.11. The molecule has 0 N–H and O–H groups in total. The van der Waals surface area contributed by atoms with E-state index < -0.39 is 0 Å². The van der Waals surface area contributed by atoms with E-state index in [0.717, 1.165) is 11.3 Å². The SMILES string of the molecule is Cc1cccc(N(C)C(=O)COc2ccc(C#N)cc2)c1. The summed E-state index contributed by atoms with van der Waals surface area (Å²) in [7, 11) is 1.72. The van der Waals surface area contributed by atoms with Crippen molar-refractivity contribution in [1.29, 1.82) is 5.26 Å². The lowest BCUT2D eigenvalue weighted by Crippen LogP contribution is -2.31. The van der Waals surface area contributed by atoms with Crippen molar-refractivity contribution < 1.29 is 9.53 Å². The molecule has 0 aliphatic carbocycles. The number of nitrogens with zero attached hydrogens (tertiary/aromatic N) is 2. The van der Waals surface area contributed by atoms with E-state index in [2.05, 4.69) is 0 Å². The first kappa shape index (κ1) is 14.6. The van der Waals surface area contributed by atoms with Crippen molar-refractivity contribution in [2.45, 2.75) is 6.92 Å². The molecule has 0 aliphatic heterocycles. The molecule has 4 heteroatoms. The van der Waals surface area contributed by atoms with E-state index in [1.165, 1.54) is 0 Å². The van der Waals surface area contributed by atoms with Crippen molar-refractivity contribution in [3.05, 3.63) is 59.7 Å². The van der Waals surface area contributed by atoms with Crippen LogP contribution in [0.15, 0.2) is 48.5 Å². The number of hydrogen-bond donors (Lipinski definition) is 0. The second-order valence-corrected chi connectivity index (χ2v) is 4.72. The van der Waals surface area contributed by atoms with E-state index in [-0.39, 0.29) is 12.5 Å². The molecule has 2 rings (SSSR count). The minimum absolute atomic E-state index is 0.0453. The predicted molar refractivity (Wildman–Crippen MR) is 81.2 cm³/mol. The number of carbonyl (C=O) groups excluding carboxylic acids is 1. The molecule has 0 radical (unpaired) electrons. The number of hydrogen-bond acceptors (Lipinski definition) is 3. The smallest absolute Gasteiger partial charge is 0.264 e. The Morgan fingerprint density at radius 2 is 1.95 bits per heavy atom. The Morgan fingerprint density at radius 1 is 1.24 bits per heavy atom. The Balaban J connectivity index is 1.96. The molecule has 0 saturated carbocycles. The minimum atomic E-state index is -0.134. The quantitative estimate of drug-likeness (QED) is 0.865. The Kier molecular flexibility index (Phi) is 4.57. The maximum Gasteiger partial charge on any atom is 0.264 e. The molecule has 21 heavy (non-hydrogen) atoms. The van der Waals surface area contributed by atoms with Crippen LogP contribution in [0.2, 0.25) is 0 Å². The first-order valence-electron chi connectivity index (χ1n) is 6.56.